The van der Waals surface area contributed by atoms with Crippen molar-refractivity contribution >= 4 is 11.7 Å². The van der Waals surface area contributed by atoms with Crippen LogP contribution in [0.3, 0.4) is 0 Å². The van der Waals surface area contributed by atoms with Gasteiger partial charge in [-0.1, -0.05) is 26.7 Å². The van der Waals surface area contributed by atoms with Crippen LogP contribution in [0.25, 0.3) is 0 Å². The molecule has 0 aliphatic heterocycles. The van der Waals surface area contributed by atoms with E-state index in [-0.39, 0.29) is 5.91 Å². The SMILES string of the molecule is CCNc1cc(C(=O)NCC(CC)CC)ccn1. The molecule has 1 aromatic heterocycles. The number of carbonyl (C=O) groups is 1. The topological polar surface area (TPSA) is 54.0 Å². The van der Waals surface area contributed by atoms with Crippen molar-refractivity contribution in [1.29, 1.82) is 0 Å². The molecule has 0 spiro atoms. The Hall–Kier alpha value is -1.58. The van der Waals surface area contributed by atoms with E-state index in [0.29, 0.717) is 11.5 Å². The molecule has 0 aliphatic rings. The lowest BCUT2D eigenvalue weighted by Gasteiger charge is -2.13. The van der Waals surface area contributed by atoms with E-state index in [9.17, 15) is 4.79 Å². The highest BCUT2D eigenvalue weighted by atomic mass is 16.1. The van der Waals surface area contributed by atoms with Gasteiger partial charge in [0.05, 0.1) is 0 Å². The van der Waals surface area contributed by atoms with Gasteiger partial charge in [-0.15, -0.1) is 0 Å². The van der Waals surface area contributed by atoms with E-state index >= 15 is 0 Å². The van der Waals surface area contributed by atoms with Crippen molar-refractivity contribution in [2.45, 2.75) is 33.6 Å². The van der Waals surface area contributed by atoms with Gasteiger partial charge in [0.2, 0.25) is 0 Å². The fourth-order valence-corrected chi connectivity index (χ4v) is 1.77. The van der Waals surface area contributed by atoms with E-state index in [2.05, 4.69) is 29.5 Å². The largest absolute Gasteiger partial charge is 0.370 e. The number of carbonyl (C=O) groups excluding carboxylic acids is 1. The van der Waals surface area contributed by atoms with E-state index in [1.165, 1.54) is 0 Å². The maximum atomic E-state index is 12.0. The minimum Gasteiger partial charge on any atom is -0.370 e. The summed E-state index contributed by atoms with van der Waals surface area (Å²) >= 11 is 0. The van der Waals surface area contributed by atoms with E-state index < -0.39 is 0 Å². The number of aromatic nitrogens is 1. The molecule has 2 N–H and O–H groups in total. The van der Waals surface area contributed by atoms with Crippen LogP contribution in [0.2, 0.25) is 0 Å². The van der Waals surface area contributed by atoms with Crippen molar-refractivity contribution in [1.82, 2.24) is 10.3 Å². The van der Waals surface area contributed by atoms with Crippen LogP contribution in [-0.4, -0.2) is 24.0 Å². The first-order valence-corrected chi connectivity index (χ1v) is 6.69. The van der Waals surface area contributed by atoms with Crippen LogP contribution in [0.4, 0.5) is 5.82 Å². The van der Waals surface area contributed by atoms with Crippen molar-refractivity contribution in [3.63, 3.8) is 0 Å². The Labute approximate surface area is 109 Å². The summed E-state index contributed by atoms with van der Waals surface area (Å²) in [7, 11) is 0. The molecule has 4 nitrogen and oxygen atoms in total. The summed E-state index contributed by atoms with van der Waals surface area (Å²) < 4.78 is 0. The average Bonchev–Trinajstić information content (AvgIpc) is 2.40. The van der Waals surface area contributed by atoms with Gasteiger partial charge in [-0.05, 0) is 25.0 Å². The minimum atomic E-state index is -0.0246. The molecule has 0 aliphatic carbocycles. The lowest BCUT2D eigenvalue weighted by molar-refractivity contribution is 0.0946. The number of rotatable bonds is 7. The first-order valence-electron chi connectivity index (χ1n) is 6.69. The molecule has 0 bridgehead atoms. The van der Waals surface area contributed by atoms with Crippen LogP contribution in [0.15, 0.2) is 18.3 Å². The predicted octanol–water partition coefficient (Wildman–Crippen LogP) is 2.68. The first-order chi connectivity index (χ1) is 8.71. The molecule has 18 heavy (non-hydrogen) atoms. The Morgan fingerprint density at radius 2 is 2.06 bits per heavy atom. The molecule has 1 rings (SSSR count). The van der Waals surface area contributed by atoms with Gasteiger partial charge in [0.15, 0.2) is 0 Å². The smallest absolute Gasteiger partial charge is 0.251 e. The Morgan fingerprint density at radius 1 is 1.33 bits per heavy atom. The van der Waals surface area contributed by atoms with Gasteiger partial charge in [-0.2, -0.15) is 0 Å². The molecule has 4 heteroatoms. The molecule has 0 saturated carbocycles. The second kappa shape index (κ2) is 7.69. The summed E-state index contributed by atoms with van der Waals surface area (Å²) in [5, 5.41) is 6.07. The summed E-state index contributed by atoms with van der Waals surface area (Å²) in [5.74, 6) is 1.28. The summed E-state index contributed by atoms with van der Waals surface area (Å²) in [6.45, 7) is 7.84. The van der Waals surface area contributed by atoms with Crippen molar-refractivity contribution in [2.75, 3.05) is 18.4 Å². The monoisotopic (exact) mass is 249 g/mol. The molecule has 0 saturated heterocycles. The Balaban J connectivity index is 2.58. The van der Waals surface area contributed by atoms with E-state index in [1.807, 2.05) is 6.92 Å². The number of nitrogens with zero attached hydrogens (tertiary/aromatic N) is 1. The van der Waals surface area contributed by atoms with E-state index in [4.69, 9.17) is 0 Å². The lowest BCUT2D eigenvalue weighted by atomic mass is 10.0. The van der Waals surface area contributed by atoms with Crippen LogP contribution in [0.5, 0.6) is 0 Å². The zero-order valence-corrected chi connectivity index (χ0v) is 11.5. The third kappa shape index (κ3) is 4.35. The summed E-state index contributed by atoms with van der Waals surface area (Å²) in [4.78, 5) is 16.1. The average molecular weight is 249 g/mol. The van der Waals surface area contributed by atoms with Gasteiger partial charge >= 0.3 is 0 Å². The fraction of sp³-hybridized carbons (Fsp3) is 0.571. The number of hydrogen-bond donors (Lipinski definition) is 2. The highest BCUT2D eigenvalue weighted by Crippen LogP contribution is 2.08. The zero-order chi connectivity index (χ0) is 13.4. The molecule has 0 aromatic carbocycles. The highest BCUT2D eigenvalue weighted by Gasteiger charge is 2.09. The number of hydrogen-bond acceptors (Lipinski definition) is 3. The summed E-state index contributed by atoms with van der Waals surface area (Å²) in [6, 6.07) is 3.52. The molecule has 1 heterocycles. The Bertz CT molecular complexity index is 375. The molecule has 0 atom stereocenters. The molecule has 0 fully saturated rings. The molecule has 1 aromatic rings. The molecule has 100 valence electrons. The number of nitrogens with one attached hydrogen (secondary N) is 2. The fourth-order valence-electron chi connectivity index (χ4n) is 1.77. The third-order valence-electron chi connectivity index (χ3n) is 3.09. The second-order valence-electron chi connectivity index (χ2n) is 4.35. The third-order valence-corrected chi connectivity index (χ3v) is 3.09. The maximum absolute atomic E-state index is 12.0. The standard InChI is InChI=1S/C14H23N3O/c1-4-11(5-2)10-17-14(18)12-7-8-16-13(9-12)15-6-3/h7-9,11H,4-6,10H2,1-3H3,(H,15,16)(H,17,18). The quantitative estimate of drug-likeness (QED) is 0.781. The summed E-state index contributed by atoms with van der Waals surface area (Å²) in [6.07, 6.45) is 3.84. The number of amides is 1. The minimum absolute atomic E-state index is 0.0246. The molecule has 0 radical (unpaired) electrons. The Kier molecular flexibility index (Phi) is 6.19. The highest BCUT2D eigenvalue weighted by molar-refractivity contribution is 5.94. The van der Waals surface area contributed by atoms with Gasteiger partial charge in [0.1, 0.15) is 5.82 Å². The van der Waals surface area contributed by atoms with Crippen LogP contribution >= 0.6 is 0 Å². The van der Waals surface area contributed by atoms with Gasteiger partial charge < -0.3 is 10.6 Å². The van der Waals surface area contributed by atoms with Gasteiger partial charge in [-0.3, -0.25) is 4.79 Å². The van der Waals surface area contributed by atoms with Crippen LogP contribution in [0.1, 0.15) is 44.0 Å². The lowest BCUT2D eigenvalue weighted by Crippen LogP contribution is -2.29. The van der Waals surface area contributed by atoms with Crippen molar-refractivity contribution in [3.8, 4) is 0 Å². The van der Waals surface area contributed by atoms with Crippen molar-refractivity contribution < 1.29 is 4.79 Å². The normalized spacial score (nSPS) is 10.4. The zero-order valence-electron chi connectivity index (χ0n) is 11.5. The molecular formula is C14H23N3O. The molecular weight excluding hydrogens is 226 g/mol. The number of anilines is 1. The van der Waals surface area contributed by atoms with Crippen molar-refractivity contribution in [2.24, 2.45) is 5.92 Å². The van der Waals surface area contributed by atoms with E-state index in [1.54, 1.807) is 18.3 Å². The maximum Gasteiger partial charge on any atom is 0.251 e. The molecule has 0 unspecified atom stereocenters. The van der Waals surface area contributed by atoms with Gasteiger partial charge in [0.25, 0.3) is 5.91 Å². The molecule has 1 amide bonds. The van der Waals surface area contributed by atoms with Crippen LogP contribution in [-0.2, 0) is 0 Å². The number of pyridine rings is 1. The second-order valence-corrected chi connectivity index (χ2v) is 4.35. The van der Waals surface area contributed by atoms with Gasteiger partial charge in [-0.25, -0.2) is 4.98 Å². The first kappa shape index (κ1) is 14.5. The summed E-state index contributed by atoms with van der Waals surface area (Å²) in [5.41, 5.74) is 0.659. The van der Waals surface area contributed by atoms with Crippen LogP contribution < -0.4 is 10.6 Å². The van der Waals surface area contributed by atoms with Crippen molar-refractivity contribution in [3.05, 3.63) is 23.9 Å². The predicted molar refractivity (Wildman–Crippen MR) is 74.8 cm³/mol. The Morgan fingerprint density at radius 3 is 2.67 bits per heavy atom. The van der Waals surface area contributed by atoms with E-state index in [0.717, 1.165) is 31.7 Å². The van der Waals surface area contributed by atoms with Gasteiger partial charge in [0, 0.05) is 24.8 Å². The van der Waals surface area contributed by atoms with Crippen LogP contribution in [0, 0.1) is 5.92 Å².